The number of amides is 1. The lowest BCUT2D eigenvalue weighted by molar-refractivity contribution is 0.0240. The monoisotopic (exact) mass is 343 g/mol. The fraction of sp³-hybridized carbons (Fsp3) is 0.550. The van der Waals surface area contributed by atoms with Crippen LogP contribution >= 0.6 is 0 Å². The molecule has 1 heterocycles. The number of hydrogen-bond acceptors (Lipinski definition) is 4. The zero-order valence-electron chi connectivity index (χ0n) is 15.8. The normalized spacial score (nSPS) is 15.0. The number of carbonyl (C=O) groups excluding carboxylic acids is 1. The summed E-state index contributed by atoms with van der Waals surface area (Å²) in [6.07, 6.45) is 5.86. The Bertz CT molecular complexity index is 663. The van der Waals surface area contributed by atoms with Crippen LogP contribution in [-0.2, 0) is 17.7 Å². The van der Waals surface area contributed by atoms with E-state index in [1.54, 1.807) is 4.90 Å². The molecule has 5 heteroatoms. The lowest BCUT2D eigenvalue weighted by Crippen LogP contribution is -2.50. The minimum atomic E-state index is -0.467. The standard InChI is InChI=1S/C20H29N3O2/c1-6-7-16-12-18(13-17(14-21)15(16)2)22-8-10-23(11-9-22)19(24)25-20(3,4)5/h1,12-13H,7-11,14,21H2,2-5H3. The predicted molar refractivity (Wildman–Crippen MR) is 102 cm³/mol. The Morgan fingerprint density at radius 1 is 1.24 bits per heavy atom. The molecular weight excluding hydrogens is 314 g/mol. The number of rotatable bonds is 3. The third kappa shape index (κ3) is 4.90. The first-order valence-corrected chi connectivity index (χ1v) is 8.74. The predicted octanol–water partition coefficient (Wildman–Crippen LogP) is 2.69. The van der Waals surface area contributed by atoms with Crippen LogP contribution in [0, 0.1) is 19.3 Å². The Hall–Kier alpha value is -2.19. The summed E-state index contributed by atoms with van der Waals surface area (Å²) in [6, 6.07) is 4.29. The third-order valence-electron chi connectivity index (χ3n) is 4.42. The van der Waals surface area contributed by atoms with Gasteiger partial charge in [-0.15, -0.1) is 12.3 Å². The molecule has 1 saturated heterocycles. The number of ether oxygens (including phenoxy) is 1. The molecule has 0 bridgehead atoms. The molecule has 0 unspecified atom stereocenters. The molecule has 1 amide bonds. The van der Waals surface area contributed by atoms with Gasteiger partial charge in [-0.2, -0.15) is 0 Å². The number of anilines is 1. The molecule has 1 aliphatic heterocycles. The smallest absolute Gasteiger partial charge is 0.410 e. The van der Waals surface area contributed by atoms with Crippen LogP contribution in [0.15, 0.2) is 12.1 Å². The molecule has 1 aromatic rings. The zero-order chi connectivity index (χ0) is 18.6. The van der Waals surface area contributed by atoms with Crippen molar-refractivity contribution in [2.24, 2.45) is 5.73 Å². The molecule has 0 aromatic heterocycles. The Balaban J connectivity index is 2.09. The second-order valence-electron chi connectivity index (χ2n) is 7.43. The van der Waals surface area contributed by atoms with E-state index in [2.05, 4.69) is 29.9 Å². The van der Waals surface area contributed by atoms with Crippen molar-refractivity contribution in [1.82, 2.24) is 4.90 Å². The second-order valence-corrected chi connectivity index (χ2v) is 7.43. The van der Waals surface area contributed by atoms with Gasteiger partial charge >= 0.3 is 6.09 Å². The van der Waals surface area contributed by atoms with Crippen molar-refractivity contribution in [2.75, 3.05) is 31.1 Å². The van der Waals surface area contributed by atoms with Crippen molar-refractivity contribution in [3.05, 3.63) is 28.8 Å². The number of carbonyl (C=O) groups is 1. The first kappa shape index (κ1) is 19.1. The quantitative estimate of drug-likeness (QED) is 0.857. The lowest BCUT2D eigenvalue weighted by Gasteiger charge is -2.37. The number of nitrogens with zero attached hydrogens (tertiary/aromatic N) is 2. The van der Waals surface area contributed by atoms with Crippen LogP contribution in [0.1, 0.15) is 37.5 Å². The van der Waals surface area contributed by atoms with E-state index in [4.69, 9.17) is 16.9 Å². The van der Waals surface area contributed by atoms with Gasteiger partial charge in [0.15, 0.2) is 0 Å². The second kappa shape index (κ2) is 7.79. The number of hydrogen-bond donors (Lipinski definition) is 1. The molecule has 1 aliphatic rings. The highest BCUT2D eigenvalue weighted by Crippen LogP contribution is 2.25. The molecule has 136 valence electrons. The summed E-state index contributed by atoms with van der Waals surface area (Å²) < 4.78 is 5.45. The average molecular weight is 343 g/mol. The first-order chi connectivity index (χ1) is 11.7. The summed E-state index contributed by atoms with van der Waals surface area (Å²) in [7, 11) is 0. The van der Waals surface area contributed by atoms with E-state index in [1.807, 2.05) is 20.8 Å². The molecule has 0 saturated carbocycles. The van der Waals surface area contributed by atoms with Gasteiger partial charge in [-0.25, -0.2) is 4.79 Å². The van der Waals surface area contributed by atoms with E-state index in [0.29, 0.717) is 26.1 Å². The summed E-state index contributed by atoms with van der Waals surface area (Å²) in [5, 5.41) is 0. The Kier molecular flexibility index (Phi) is 5.97. The molecular formula is C20H29N3O2. The van der Waals surface area contributed by atoms with E-state index in [1.165, 1.54) is 5.56 Å². The van der Waals surface area contributed by atoms with Crippen LogP contribution in [0.25, 0.3) is 0 Å². The Morgan fingerprint density at radius 3 is 2.36 bits per heavy atom. The molecule has 2 N–H and O–H groups in total. The minimum absolute atomic E-state index is 0.244. The Labute approximate surface area is 151 Å². The summed E-state index contributed by atoms with van der Waals surface area (Å²) in [4.78, 5) is 16.2. The molecule has 1 fully saturated rings. The first-order valence-electron chi connectivity index (χ1n) is 8.74. The topological polar surface area (TPSA) is 58.8 Å². The molecule has 0 aliphatic carbocycles. The van der Waals surface area contributed by atoms with E-state index < -0.39 is 5.60 Å². The van der Waals surface area contributed by atoms with Gasteiger partial charge in [0.1, 0.15) is 5.60 Å². The molecule has 1 aromatic carbocycles. The summed E-state index contributed by atoms with van der Waals surface area (Å²) >= 11 is 0. The summed E-state index contributed by atoms with van der Waals surface area (Å²) in [5.41, 5.74) is 10.0. The number of piperazine rings is 1. The molecule has 0 atom stereocenters. The maximum atomic E-state index is 12.2. The number of terminal acetylenes is 1. The molecule has 0 spiro atoms. The third-order valence-corrected chi connectivity index (χ3v) is 4.42. The van der Waals surface area contributed by atoms with Crippen LogP contribution in [0.3, 0.4) is 0 Å². The summed E-state index contributed by atoms with van der Waals surface area (Å²) in [5.74, 6) is 2.72. The zero-order valence-corrected chi connectivity index (χ0v) is 15.8. The molecule has 2 rings (SSSR count). The average Bonchev–Trinajstić information content (AvgIpc) is 2.55. The van der Waals surface area contributed by atoms with Gasteiger partial charge in [0.05, 0.1) is 0 Å². The van der Waals surface area contributed by atoms with Crippen LogP contribution in [0.5, 0.6) is 0 Å². The Morgan fingerprint density at radius 2 is 1.84 bits per heavy atom. The van der Waals surface area contributed by atoms with Gasteiger partial charge in [0.25, 0.3) is 0 Å². The number of nitrogens with two attached hydrogens (primary N) is 1. The van der Waals surface area contributed by atoms with Crippen molar-refractivity contribution < 1.29 is 9.53 Å². The SMILES string of the molecule is C#CCc1cc(N2CCN(C(=O)OC(C)(C)C)CC2)cc(CN)c1C. The van der Waals surface area contributed by atoms with Gasteiger partial charge in [-0.05, 0) is 56.5 Å². The fourth-order valence-corrected chi connectivity index (χ4v) is 2.98. The van der Waals surface area contributed by atoms with Crippen molar-refractivity contribution in [2.45, 2.75) is 46.3 Å². The van der Waals surface area contributed by atoms with Gasteiger partial charge in [-0.3, -0.25) is 0 Å². The van der Waals surface area contributed by atoms with Gasteiger partial charge < -0.3 is 20.3 Å². The van der Waals surface area contributed by atoms with Gasteiger partial charge in [0.2, 0.25) is 0 Å². The molecule has 5 nitrogen and oxygen atoms in total. The van der Waals surface area contributed by atoms with Gasteiger partial charge in [0, 0.05) is 44.8 Å². The van der Waals surface area contributed by atoms with Crippen LogP contribution < -0.4 is 10.6 Å². The maximum Gasteiger partial charge on any atom is 0.410 e. The van der Waals surface area contributed by atoms with E-state index in [0.717, 1.165) is 29.9 Å². The van der Waals surface area contributed by atoms with E-state index >= 15 is 0 Å². The highest BCUT2D eigenvalue weighted by molar-refractivity contribution is 5.68. The van der Waals surface area contributed by atoms with Crippen molar-refractivity contribution in [3.8, 4) is 12.3 Å². The minimum Gasteiger partial charge on any atom is -0.444 e. The van der Waals surface area contributed by atoms with Crippen molar-refractivity contribution in [1.29, 1.82) is 0 Å². The highest BCUT2D eigenvalue weighted by atomic mass is 16.6. The number of benzene rings is 1. The lowest BCUT2D eigenvalue weighted by atomic mass is 9.98. The fourth-order valence-electron chi connectivity index (χ4n) is 2.98. The van der Waals surface area contributed by atoms with Crippen LogP contribution in [0.2, 0.25) is 0 Å². The summed E-state index contributed by atoms with van der Waals surface area (Å²) in [6.45, 7) is 11.0. The van der Waals surface area contributed by atoms with E-state index in [9.17, 15) is 4.79 Å². The van der Waals surface area contributed by atoms with Crippen LogP contribution in [0.4, 0.5) is 10.5 Å². The largest absolute Gasteiger partial charge is 0.444 e. The van der Waals surface area contributed by atoms with Crippen molar-refractivity contribution in [3.63, 3.8) is 0 Å². The van der Waals surface area contributed by atoms with E-state index in [-0.39, 0.29) is 6.09 Å². The maximum absolute atomic E-state index is 12.2. The van der Waals surface area contributed by atoms with Gasteiger partial charge in [-0.1, -0.05) is 0 Å². The highest BCUT2D eigenvalue weighted by Gasteiger charge is 2.26. The van der Waals surface area contributed by atoms with Crippen LogP contribution in [-0.4, -0.2) is 42.8 Å². The van der Waals surface area contributed by atoms with Crippen molar-refractivity contribution >= 4 is 11.8 Å². The molecule has 0 radical (unpaired) electrons. The molecule has 25 heavy (non-hydrogen) atoms.